The van der Waals surface area contributed by atoms with Gasteiger partial charge >= 0.3 is 0 Å². The summed E-state index contributed by atoms with van der Waals surface area (Å²) in [5.74, 6) is 2.11. The van der Waals surface area contributed by atoms with Crippen LogP contribution in [0.25, 0.3) is 0 Å². The summed E-state index contributed by atoms with van der Waals surface area (Å²) in [6, 6.07) is 0. The molecule has 3 atom stereocenters. The molecule has 2 aliphatic rings. The average Bonchev–Trinajstić information content (AvgIpc) is 2.70. The summed E-state index contributed by atoms with van der Waals surface area (Å²) in [5, 5.41) is 11.0. The molecule has 138 valence electrons. The summed E-state index contributed by atoms with van der Waals surface area (Å²) in [6.07, 6.45) is 16.1. The van der Waals surface area contributed by atoms with Gasteiger partial charge in [0.05, 0.1) is 11.1 Å². The van der Waals surface area contributed by atoms with Gasteiger partial charge in [-0.2, -0.15) is 0 Å². The van der Waals surface area contributed by atoms with Crippen molar-refractivity contribution >= 4 is 16.8 Å². The fourth-order valence-corrected chi connectivity index (χ4v) is 4.44. The number of nitrogens with zero attached hydrogens (tertiary/aromatic N) is 1. The van der Waals surface area contributed by atoms with E-state index in [9.17, 15) is 5.11 Å². The molecule has 2 rings (SSSR count). The molecular weight excluding hydrogens is 326 g/mol. The van der Waals surface area contributed by atoms with Crippen molar-refractivity contribution in [2.45, 2.75) is 65.9 Å². The first-order chi connectivity index (χ1) is 12.0. The van der Waals surface area contributed by atoms with Crippen LogP contribution in [0.4, 0.5) is 0 Å². The number of hydrogen-bond acceptors (Lipinski definition) is 3. The monoisotopic (exact) mass is 359 g/mol. The van der Waals surface area contributed by atoms with E-state index in [-0.39, 0.29) is 6.10 Å². The van der Waals surface area contributed by atoms with E-state index in [1.54, 1.807) is 5.57 Å². The Bertz CT molecular complexity index is 597. The second-order valence-corrected chi connectivity index (χ2v) is 8.23. The minimum absolute atomic E-state index is 0.351. The van der Waals surface area contributed by atoms with E-state index >= 15 is 0 Å². The molecule has 0 aromatic carbocycles. The van der Waals surface area contributed by atoms with Gasteiger partial charge in [0.25, 0.3) is 0 Å². The van der Waals surface area contributed by atoms with Crippen LogP contribution in [-0.2, 0) is 0 Å². The molecule has 1 N–H and O–H groups in total. The molecule has 3 unspecified atom stereocenters. The molecule has 3 heteroatoms. The number of allylic oxidation sites excluding steroid dienone is 7. The lowest BCUT2D eigenvalue weighted by atomic mass is 9.94. The second kappa shape index (κ2) is 10.2. The summed E-state index contributed by atoms with van der Waals surface area (Å²) < 4.78 is 0. The van der Waals surface area contributed by atoms with Gasteiger partial charge in [-0.25, -0.2) is 0 Å². The van der Waals surface area contributed by atoms with E-state index in [0.717, 1.165) is 48.6 Å². The van der Waals surface area contributed by atoms with Crippen molar-refractivity contribution in [2.75, 3.05) is 5.75 Å². The van der Waals surface area contributed by atoms with Crippen molar-refractivity contribution in [2.24, 2.45) is 16.8 Å². The van der Waals surface area contributed by atoms with Gasteiger partial charge in [0.15, 0.2) is 0 Å². The SMILES string of the molecule is CCC1=CC(CSC2=NC(C)=CC(O)CC2)C(CC)=CCC(C)C=C1. The van der Waals surface area contributed by atoms with Crippen LogP contribution < -0.4 is 0 Å². The first kappa shape index (κ1) is 20.3. The zero-order valence-corrected chi connectivity index (χ0v) is 17.0. The van der Waals surface area contributed by atoms with Crippen molar-refractivity contribution in [1.82, 2.24) is 0 Å². The summed E-state index contributed by atoms with van der Waals surface area (Å²) in [4.78, 5) is 4.70. The number of aliphatic imine (C=N–C) groups is 1. The van der Waals surface area contributed by atoms with Crippen LogP contribution in [0.2, 0.25) is 0 Å². The molecule has 0 aromatic heterocycles. The molecule has 0 fully saturated rings. The lowest BCUT2D eigenvalue weighted by molar-refractivity contribution is 0.215. The molecule has 0 spiro atoms. The third kappa shape index (κ3) is 6.63. The van der Waals surface area contributed by atoms with E-state index < -0.39 is 0 Å². The highest BCUT2D eigenvalue weighted by molar-refractivity contribution is 8.13. The Morgan fingerprint density at radius 2 is 2.04 bits per heavy atom. The number of thioether (sulfide) groups is 1. The molecule has 0 radical (unpaired) electrons. The Morgan fingerprint density at radius 1 is 1.24 bits per heavy atom. The average molecular weight is 360 g/mol. The minimum Gasteiger partial charge on any atom is -0.389 e. The highest BCUT2D eigenvalue weighted by Crippen LogP contribution is 2.29. The standard InChI is InChI=1S/C22H33NOS/c1-5-18-9-7-16(3)8-10-19(6-2)20(14-18)15-25-22-12-11-21(24)13-17(4)23-22/h7,9-10,13-14,16,20-21,24H,5-6,8,11-12,15H2,1-4H3. The van der Waals surface area contributed by atoms with Crippen molar-refractivity contribution in [3.63, 3.8) is 0 Å². The Morgan fingerprint density at radius 3 is 2.76 bits per heavy atom. The Kier molecular flexibility index (Phi) is 8.25. The van der Waals surface area contributed by atoms with Crippen molar-refractivity contribution in [1.29, 1.82) is 0 Å². The Balaban J connectivity index is 2.14. The topological polar surface area (TPSA) is 32.6 Å². The van der Waals surface area contributed by atoms with E-state index in [4.69, 9.17) is 4.99 Å². The van der Waals surface area contributed by atoms with Gasteiger partial charge in [-0.3, -0.25) is 4.99 Å². The van der Waals surface area contributed by atoms with Crippen LogP contribution in [0.5, 0.6) is 0 Å². The normalized spacial score (nSPS) is 28.0. The van der Waals surface area contributed by atoms with Crippen LogP contribution in [-0.4, -0.2) is 22.0 Å². The third-order valence-electron chi connectivity index (χ3n) is 4.92. The molecule has 0 aromatic rings. The van der Waals surface area contributed by atoms with Crippen LogP contribution in [0.3, 0.4) is 0 Å². The number of hydrogen-bond donors (Lipinski definition) is 1. The summed E-state index contributed by atoms with van der Waals surface area (Å²) in [7, 11) is 0. The Labute approximate surface area is 157 Å². The molecule has 1 heterocycles. The molecule has 1 aliphatic heterocycles. The van der Waals surface area contributed by atoms with Gasteiger partial charge in [-0.15, -0.1) is 11.8 Å². The predicted molar refractivity (Wildman–Crippen MR) is 112 cm³/mol. The van der Waals surface area contributed by atoms with Crippen molar-refractivity contribution in [3.8, 4) is 0 Å². The van der Waals surface area contributed by atoms with Gasteiger partial charge < -0.3 is 5.11 Å². The van der Waals surface area contributed by atoms with Crippen LogP contribution in [0.1, 0.15) is 59.8 Å². The fourth-order valence-electron chi connectivity index (χ4n) is 3.29. The van der Waals surface area contributed by atoms with Crippen molar-refractivity contribution < 1.29 is 5.11 Å². The summed E-state index contributed by atoms with van der Waals surface area (Å²) in [5.41, 5.74) is 3.93. The highest BCUT2D eigenvalue weighted by atomic mass is 32.2. The summed E-state index contributed by atoms with van der Waals surface area (Å²) in [6.45, 7) is 8.78. The first-order valence-corrected chi connectivity index (χ1v) is 10.6. The number of rotatable bonds is 4. The molecule has 25 heavy (non-hydrogen) atoms. The maximum absolute atomic E-state index is 9.88. The van der Waals surface area contributed by atoms with Gasteiger partial charge in [-0.05, 0) is 51.0 Å². The zero-order valence-electron chi connectivity index (χ0n) is 16.2. The predicted octanol–water partition coefficient (Wildman–Crippen LogP) is 6.06. The van der Waals surface area contributed by atoms with Crippen LogP contribution >= 0.6 is 11.8 Å². The number of aliphatic hydroxyl groups excluding tert-OH is 1. The highest BCUT2D eigenvalue weighted by Gasteiger charge is 2.16. The molecule has 0 amide bonds. The lowest BCUT2D eigenvalue weighted by Crippen LogP contribution is -2.09. The van der Waals surface area contributed by atoms with Gasteiger partial charge in [-0.1, -0.05) is 56.2 Å². The van der Waals surface area contributed by atoms with Crippen LogP contribution in [0, 0.1) is 11.8 Å². The molecular formula is C22H33NOS. The smallest absolute Gasteiger partial charge is 0.0745 e. The maximum atomic E-state index is 9.88. The van der Waals surface area contributed by atoms with E-state index in [1.807, 2.05) is 24.8 Å². The Hall–Kier alpha value is -1.06. The summed E-state index contributed by atoms with van der Waals surface area (Å²) >= 11 is 1.87. The van der Waals surface area contributed by atoms with E-state index in [0.29, 0.717) is 11.8 Å². The van der Waals surface area contributed by atoms with E-state index in [1.165, 1.54) is 5.57 Å². The second-order valence-electron chi connectivity index (χ2n) is 7.14. The minimum atomic E-state index is -0.351. The maximum Gasteiger partial charge on any atom is 0.0745 e. The molecule has 1 aliphatic carbocycles. The molecule has 0 bridgehead atoms. The third-order valence-corrected chi connectivity index (χ3v) is 6.07. The van der Waals surface area contributed by atoms with Crippen LogP contribution in [0.15, 0.2) is 52.2 Å². The van der Waals surface area contributed by atoms with Gasteiger partial charge in [0, 0.05) is 17.4 Å². The first-order valence-electron chi connectivity index (χ1n) is 9.66. The lowest BCUT2D eigenvalue weighted by Gasteiger charge is -2.18. The molecule has 0 saturated carbocycles. The van der Waals surface area contributed by atoms with Crippen molar-refractivity contribution in [3.05, 3.63) is 47.2 Å². The molecule has 2 nitrogen and oxygen atoms in total. The molecule has 0 saturated heterocycles. The largest absolute Gasteiger partial charge is 0.389 e. The van der Waals surface area contributed by atoms with Gasteiger partial charge in [0.2, 0.25) is 0 Å². The zero-order chi connectivity index (χ0) is 18.2. The number of aliphatic hydroxyl groups is 1. The quantitative estimate of drug-likeness (QED) is 0.619. The fraction of sp³-hybridized carbons (Fsp3) is 0.591. The van der Waals surface area contributed by atoms with E-state index in [2.05, 4.69) is 45.1 Å². The van der Waals surface area contributed by atoms with Gasteiger partial charge in [0.1, 0.15) is 0 Å².